The Morgan fingerprint density at radius 2 is 2.40 bits per heavy atom. The molecule has 0 unspecified atom stereocenters. The van der Waals surface area contributed by atoms with Crippen molar-refractivity contribution in [2.75, 3.05) is 18.5 Å². The molecule has 0 saturated carbocycles. The quantitative estimate of drug-likeness (QED) is 0.806. The Kier molecular flexibility index (Phi) is 4.07. The van der Waals surface area contributed by atoms with E-state index in [9.17, 15) is 0 Å². The van der Waals surface area contributed by atoms with Gasteiger partial charge in [0.05, 0.1) is 12.5 Å². The first kappa shape index (κ1) is 11.5. The summed E-state index contributed by atoms with van der Waals surface area (Å²) in [5.74, 6) is 0.861. The molecule has 0 saturated heterocycles. The Morgan fingerprint density at radius 3 is 3.00 bits per heavy atom. The molecule has 4 heteroatoms. The van der Waals surface area contributed by atoms with Crippen molar-refractivity contribution in [2.24, 2.45) is 5.73 Å². The lowest BCUT2D eigenvalue weighted by molar-refractivity contribution is 0.809. The van der Waals surface area contributed by atoms with Crippen LogP contribution in [0.3, 0.4) is 0 Å². The first-order valence-corrected chi connectivity index (χ1v) is 4.94. The lowest BCUT2D eigenvalue weighted by Gasteiger charge is -2.17. The van der Waals surface area contributed by atoms with Gasteiger partial charge in [0.15, 0.2) is 0 Å². The van der Waals surface area contributed by atoms with Gasteiger partial charge in [0.2, 0.25) is 0 Å². The number of rotatable bonds is 4. The maximum Gasteiger partial charge on any atom is 0.128 e. The van der Waals surface area contributed by atoms with Gasteiger partial charge in [-0.05, 0) is 24.6 Å². The fourth-order valence-corrected chi connectivity index (χ4v) is 1.26. The molecule has 0 amide bonds. The molecule has 0 fully saturated rings. The summed E-state index contributed by atoms with van der Waals surface area (Å²) in [6.45, 7) is 2.63. The molecule has 1 atom stereocenters. The Morgan fingerprint density at radius 1 is 1.67 bits per heavy atom. The van der Waals surface area contributed by atoms with E-state index >= 15 is 0 Å². The zero-order valence-electron chi connectivity index (χ0n) is 9.14. The van der Waals surface area contributed by atoms with E-state index in [0.29, 0.717) is 13.0 Å². The highest BCUT2D eigenvalue weighted by atomic mass is 15.2. The molecule has 0 spiro atoms. The van der Waals surface area contributed by atoms with Crippen molar-refractivity contribution < 1.29 is 0 Å². The van der Waals surface area contributed by atoms with Crippen molar-refractivity contribution in [1.82, 2.24) is 4.98 Å². The van der Waals surface area contributed by atoms with Crippen LogP contribution >= 0.6 is 0 Å². The van der Waals surface area contributed by atoms with Crippen LogP contribution in [0.15, 0.2) is 18.3 Å². The van der Waals surface area contributed by atoms with Crippen LogP contribution in [-0.4, -0.2) is 18.6 Å². The summed E-state index contributed by atoms with van der Waals surface area (Å²) in [6.07, 6.45) is 2.25. The van der Waals surface area contributed by atoms with E-state index < -0.39 is 0 Å². The molecule has 0 aromatic carbocycles. The molecular formula is C11H16N4. The number of pyridine rings is 1. The van der Waals surface area contributed by atoms with Gasteiger partial charge in [-0.3, -0.25) is 0 Å². The molecule has 1 aromatic heterocycles. The predicted octanol–water partition coefficient (Wildman–Crippen LogP) is 1.45. The van der Waals surface area contributed by atoms with E-state index in [-0.39, 0.29) is 6.04 Å². The van der Waals surface area contributed by atoms with E-state index in [1.807, 2.05) is 31.0 Å². The van der Waals surface area contributed by atoms with Crippen molar-refractivity contribution >= 4 is 5.82 Å². The van der Waals surface area contributed by atoms with Crippen LogP contribution in [0.25, 0.3) is 0 Å². The number of nitrogens with two attached hydrogens (primary N) is 1. The first-order valence-electron chi connectivity index (χ1n) is 4.94. The highest BCUT2D eigenvalue weighted by Crippen LogP contribution is 2.15. The molecule has 0 aliphatic rings. The zero-order valence-corrected chi connectivity index (χ0v) is 9.14. The van der Waals surface area contributed by atoms with Crippen LogP contribution in [0.4, 0.5) is 5.82 Å². The minimum Gasteiger partial charge on any atom is -0.359 e. The molecule has 1 heterocycles. The molecule has 2 N–H and O–H groups in total. The van der Waals surface area contributed by atoms with Gasteiger partial charge in [0, 0.05) is 25.8 Å². The van der Waals surface area contributed by atoms with Crippen molar-refractivity contribution in [3.8, 4) is 6.07 Å². The monoisotopic (exact) mass is 204 g/mol. The molecule has 80 valence electrons. The highest BCUT2D eigenvalue weighted by molar-refractivity contribution is 5.40. The van der Waals surface area contributed by atoms with Crippen LogP contribution in [0.2, 0.25) is 0 Å². The second-order valence-corrected chi connectivity index (χ2v) is 3.57. The van der Waals surface area contributed by atoms with Crippen LogP contribution in [-0.2, 0) is 0 Å². The summed E-state index contributed by atoms with van der Waals surface area (Å²) in [6, 6.07) is 5.99. The standard InChI is InChI=1S/C11H16N4/c1-9(13)10-4-6-14-11(8-10)15(2)7-3-5-12/h4,6,8-9H,3,7,13H2,1-2H3/t9-/m0/s1. The smallest absolute Gasteiger partial charge is 0.128 e. The number of hydrogen-bond donors (Lipinski definition) is 1. The van der Waals surface area contributed by atoms with Gasteiger partial charge in [-0.15, -0.1) is 0 Å². The molecule has 0 bridgehead atoms. The molecule has 1 rings (SSSR count). The maximum absolute atomic E-state index is 8.49. The second kappa shape index (κ2) is 5.32. The molecular weight excluding hydrogens is 188 g/mol. The van der Waals surface area contributed by atoms with Gasteiger partial charge in [-0.25, -0.2) is 4.98 Å². The van der Waals surface area contributed by atoms with E-state index in [1.54, 1.807) is 6.20 Å². The van der Waals surface area contributed by atoms with Gasteiger partial charge in [0.1, 0.15) is 5.82 Å². The van der Waals surface area contributed by atoms with Crippen LogP contribution in [0.5, 0.6) is 0 Å². The second-order valence-electron chi connectivity index (χ2n) is 3.57. The van der Waals surface area contributed by atoms with Gasteiger partial charge < -0.3 is 10.6 Å². The van der Waals surface area contributed by atoms with E-state index in [2.05, 4.69) is 11.1 Å². The Labute approximate surface area is 90.3 Å². The Bertz CT molecular complexity index is 354. The molecule has 1 aromatic rings. The zero-order chi connectivity index (χ0) is 11.3. The average Bonchev–Trinajstić information content (AvgIpc) is 2.26. The highest BCUT2D eigenvalue weighted by Gasteiger charge is 2.05. The Balaban J connectivity index is 2.77. The lowest BCUT2D eigenvalue weighted by Crippen LogP contribution is -2.19. The molecule has 0 radical (unpaired) electrons. The fourth-order valence-electron chi connectivity index (χ4n) is 1.26. The summed E-state index contributed by atoms with van der Waals surface area (Å²) < 4.78 is 0. The van der Waals surface area contributed by atoms with Crippen molar-refractivity contribution in [3.05, 3.63) is 23.9 Å². The van der Waals surface area contributed by atoms with Gasteiger partial charge in [-0.2, -0.15) is 5.26 Å². The van der Waals surface area contributed by atoms with Gasteiger partial charge >= 0.3 is 0 Å². The minimum atomic E-state index is 0.0103. The summed E-state index contributed by atoms with van der Waals surface area (Å²) in [5, 5.41) is 8.49. The third-order valence-corrected chi connectivity index (χ3v) is 2.25. The fraction of sp³-hybridized carbons (Fsp3) is 0.455. The van der Waals surface area contributed by atoms with Crippen LogP contribution in [0, 0.1) is 11.3 Å². The van der Waals surface area contributed by atoms with Crippen LogP contribution < -0.4 is 10.6 Å². The van der Waals surface area contributed by atoms with Gasteiger partial charge in [-0.1, -0.05) is 0 Å². The van der Waals surface area contributed by atoms with E-state index in [4.69, 9.17) is 11.0 Å². The summed E-state index contributed by atoms with van der Waals surface area (Å²) in [5.41, 5.74) is 6.84. The average molecular weight is 204 g/mol. The van der Waals surface area contributed by atoms with Crippen molar-refractivity contribution in [2.45, 2.75) is 19.4 Å². The molecule has 0 aliphatic carbocycles. The Hall–Kier alpha value is -1.60. The number of nitriles is 1. The largest absolute Gasteiger partial charge is 0.359 e. The van der Waals surface area contributed by atoms with E-state index in [0.717, 1.165) is 11.4 Å². The summed E-state index contributed by atoms with van der Waals surface area (Å²) in [7, 11) is 1.92. The molecule has 15 heavy (non-hydrogen) atoms. The van der Waals surface area contributed by atoms with Gasteiger partial charge in [0.25, 0.3) is 0 Å². The summed E-state index contributed by atoms with van der Waals surface area (Å²) >= 11 is 0. The number of aromatic nitrogens is 1. The van der Waals surface area contributed by atoms with Crippen molar-refractivity contribution in [3.63, 3.8) is 0 Å². The third-order valence-electron chi connectivity index (χ3n) is 2.25. The number of anilines is 1. The number of hydrogen-bond acceptors (Lipinski definition) is 4. The van der Waals surface area contributed by atoms with E-state index in [1.165, 1.54) is 0 Å². The van der Waals surface area contributed by atoms with Crippen LogP contribution in [0.1, 0.15) is 24.9 Å². The first-order chi connectivity index (χ1) is 7.15. The van der Waals surface area contributed by atoms with Crippen molar-refractivity contribution in [1.29, 1.82) is 5.26 Å². The normalized spacial score (nSPS) is 11.9. The lowest BCUT2D eigenvalue weighted by atomic mass is 10.1. The molecule has 0 aliphatic heterocycles. The predicted molar refractivity (Wildman–Crippen MR) is 60.3 cm³/mol. The topological polar surface area (TPSA) is 65.9 Å². The third kappa shape index (κ3) is 3.22. The number of nitrogens with zero attached hydrogens (tertiary/aromatic N) is 3. The minimum absolute atomic E-state index is 0.0103. The summed E-state index contributed by atoms with van der Waals surface area (Å²) in [4.78, 5) is 6.19. The molecule has 4 nitrogen and oxygen atoms in total. The SMILES string of the molecule is C[C@H](N)c1ccnc(N(C)CCC#N)c1. The maximum atomic E-state index is 8.49.